The summed E-state index contributed by atoms with van der Waals surface area (Å²) >= 11 is 1.11. The number of benzene rings is 2. The maximum absolute atomic E-state index is 12.9. The Hall–Kier alpha value is -3.18. The smallest absolute Gasteiger partial charge is 0.270 e. The Morgan fingerprint density at radius 3 is 2.62 bits per heavy atom. The zero-order chi connectivity index (χ0) is 21.0. The first-order chi connectivity index (χ1) is 13.7. The van der Waals surface area contributed by atoms with Gasteiger partial charge in [-0.2, -0.15) is 0 Å². The summed E-state index contributed by atoms with van der Waals surface area (Å²) < 4.78 is 37.3. The number of sulfone groups is 1. The number of aromatic nitrogens is 1. The number of hydrogen-bond acceptors (Lipinski definition) is 7. The molecule has 0 atom stereocenters. The highest BCUT2D eigenvalue weighted by atomic mass is 32.2. The molecule has 1 amide bonds. The molecule has 3 rings (SSSR count). The van der Waals surface area contributed by atoms with Crippen LogP contribution in [0.15, 0.2) is 58.8 Å². The van der Waals surface area contributed by atoms with Crippen LogP contribution >= 0.6 is 11.3 Å². The predicted molar refractivity (Wildman–Crippen MR) is 106 cm³/mol. The van der Waals surface area contributed by atoms with Gasteiger partial charge in [-0.05, 0) is 24.3 Å². The van der Waals surface area contributed by atoms with Gasteiger partial charge in [-0.25, -0.2) is 17.8 Å². The van der Waals surface area contributed by atoms with E-state index < -0.39 is 32.2 Å². The number of carbonyl (C=O) groups excluding carboxylic acids is 1. The summed E-state index contributed by atoms with van der Waals surface area (Å²) in [6.07, 6.45) is -0.300. The first-order valence-corrected chi connectivity index (χ1v) is 10.8. The van der Waals surface area contributed by atoms with Crippen LogP contribution in [0.3, 0.4) is 0 Å². The number of thiazole rings is 1. The van der Waals surface area contributed by atoms with Crippen LogP contribution < -0.4 is 5.32 Å². The van der Waals surface area contributed by atoms with Gasteiger partial charge >= 0.3 is 0 Å². The average Bonchev–Trinajstić information content (AvgIpc) is 3.15. The topological polar surface area (TPSA) is 119 Å². The molecule has 11 heteroatoms. The molecule has 1 aromatic heterocycles. The summed E-state index contributed by atoms with van der Waals surface area (Å²) in [7, 11) is -3.72. The quantitative estimate of drug-likeness (QED) is 0.344. The summed E-state index contributed by atoms with van der Waals surface area (Å²) in [5.41, 5.74) is 0.898. The van der Waals surface area contributed by atoms with E-state index in [9.17, 15) is 27.7 Å². The molecular weight excluding hydrogens is 421 g/mol. The van der Waals surface area contributed by atoms with Gasteiger partial charge in [0.2, 0.25) is 5.91 Å². The third kappa shape index (κ3) is 5.21. The van der Waals surface area contributed by atoms with Crippen LogP contribution in [0.4, 0.5) is 15.2 Å². The van der Waals surface area contributed by atoms with Crippen LogP contribution in [0.2, 0.25) is 0 Å². The molecule has 0 radical (unpaired) electrons. The fourth-order valence-corrected chi connectivity index (χ4v) is 4.39. The first-order valence-electron chi connectivity index (χ1n) is 8.23. The zero-order valence-corrected chi connectivity index (χ0v) is 16.4. The van der Waals surface area contributed by atoms with E-state index in [0.717, 1.165) is 35.6 Å². The zero-order valence-electron chi connectivity index (χ0n) is 14.7. The summed E-state index contributed by atoms with van der Waals surface area (Å²) in [4.78, 5) is 26.6. The lowest BCUT2D eigenvalue weighted by atomic mass is 10.1. The van der Waals surface area contributed by atoms with E-state index in [0.29, 0.717) is 11.3 Å². The SMILES string of the molecule is O=C(CCS(=O)(=O)c1ccc(F)cc1)Nc1nc(-c2cccc([N+](=O)[O-])c2)cs1. The van der Waals surface area contributed by atoms with Gasteiger partial charge in [-0.15, -0.1) is 11.3 Å². The number of nitrogens with one attached hydrogen (secondary N) is 1. The second-order valence-electron chi connectivity index (χ2n) is 5.92. The number of anilines is 1. The Balaban J connectivity index is 1.62. The normalized spacial score (nSPS) is 11.2. The molecule has 1 N–H and O–H groups in total. The summed E-state index contributed by atoms with van der Waals surface area (Å²) in [5.74, 6) is -1.53. The molecule has 2 aromatic carbocycles. The average molecular weight is 435 g/mol. The third-order valence-corrected chi connectivity index (χ3v) is 6.36. The lowest BCUT2D eigenvalue weighted by molar-refractivity contribution is -0.384. The molecule has 1 heterocycles. The molecule has 0 saturated carbocycles. The van der Waals surface area contributed by atoms with Crippen LogP contribution in [0.5, 0.6) is 0 Å². The lowest BCUT2D eigenvalue weighted by Gasteiger charge is -2.04. The molecule has 0 spiro atoms. The standard InChI is InChI=1S/C18H14FN3O5S2/c19-13-4-6-15(7-5-13)29(26,27)9-8-17(23)21-18-20-16(11-28-18)12-2-1-3-14(10-12)22(24)25/h1-7,10-11H,8-9H2,(H,20,21,23). The van der Waals surface area contributed by atoms with Gasteiger partial charge in [0.05, 0.1) is 21.3 Å². The summed E-state index contributed by atoms with van der Waals surface area (Å²) in [5, 5.41) is 15.3. The number of nitrogens with zero attached hydrogens (tertiary/aromatic N) is 2. The Labute approximate surface area is 169 Å². The Morgan fingerprint density at radius 2 is 1.93 bits per heavy atom. The molecule has 8 nitrogen and oxygen atoms in total. The van der Waals surface area contributed by atoms with E-state index in [-0.39, 0.29) is 22.1 Å². The van der Waals surface area contributed by atoms with E-state index in [4.69, 9.17) is 0 Å². The number of carbonyl (C=O) groups is 1. The molecular formula is C18H14FN3O5S2. The predicted octanol–water partition coefficient (Wildman–Crippen LogP) is 3.66. The molecule has 0 fully saturated rings. The van der Waals surface area contributed by atoms with Crippen LogP contribution in [-0.4, -0.2) is 30.0 Å². The van der Waals surface area contributed by atoms with Crippen LogP contribution in [0.25, 0.3) is 11.3 Å². The van der Waals surface area contributed by atoms with Crippen molar-refractivity contribution < 1.29 is 22.5 Å². The van der Waals surface area contributed by atoms with E-state index >= 15 is 0 Å². The highest BCUT2D eigenvalue weighted by Gasteiger charge is 2.17. The Bertz CT molecular complexity index is 1160. The van der Waals surface area contributed by atoms with Crippen molar-refractivity contribution in [2.75, 3.05) is 11.1 Å². The van der Waals surface area contributed by atoms with Gasteiger partial charge in [0.15, 0.2) is 15.0 Å². The monoisotopic (exact) mass is 435 g/mol. The van der Waals surface area contributed by atoms with Crippen molar-refractivity contribution in [2.45, 2.75) is 11.3 Å². The number of nitro benzene ring substituents is 1. The lowest BCUT2D eigenvalue weighted by Crippen LogP contribution is -2.17. The second-order valence-corrected chi connectivity index (χ2v) is 8.88. The van der Waals surface area contributed by atoms with Crippen molar-refractivity contribution in [3.8, 4) is 11.3 Å². The van der Waals surface area contributed by atoms with Crippen LogP contribution in [0.1, 0.15) is 6.42 Å². The minimum absolute atomic E-state index is 0.0612. The van der Waals surface area contributed by atoms with Crippen molar-refractivity contribution in [1.82, 2.24) is 4.98 Å². The van der Waals surface area contributed by atoms with Crippen molar-refractivity contribution in [3.63, 3.8) is 0 Å². The minimum atomic E-state index is -3.72. The fourth-order valence-electron chi connectivity index (χ4n) is 2.41. The van der Waals surface area contributed by atoms with Gasteiger partial charge in [-0.3, -0.25) is 14.9 Å². The van der Waals surface area contributed by atoms with Crippen LogP contribution in [0, 0.1) is 15.9 Å². The molecule has 3 aromatic rings. The molecule has 0 aliphatic carbocycles. The van der Waals surface area contributed by atoms with E-state index in [2.05, 4.69) is 10.3 Å². The van der Waals surface area contributed by atoms with Gasteiger partial charge in [0, 0.05) is 29.5 Å². The van der Waals surface area contributed by atoms with Gasteiger partial charge < -0.3 is 5.32 Å². The summed E-state index contributed by atoms with van der Waals surface area (Å²) in [6, 6.07) is 10.3. The number of amides is 1. The van der Waals surface area contributed by atoms with Gasteiger partial charge in [0.1, 0.15) is 5.82 Å². The Morgan fingerprint density at radius 1 is 1.21 bits per heavy atom. The van der Waals surface area contributed by atoms with E-state index in [1.165, 1.54) is 18.2 Å². The fraction of sp³-hybridized carbons (Fsp3) is 0.111. The maximum atomic E-state index is 12.9. The number of nitro groups is 1. The molecule has 0 bridgehead atoms. The number of non-ortho nitro benzene ring substituents is 1. The van der Waals surface area contributed by atoms with Crippen molar-refractivity contribution >= 4 is 37.9 Å². The minimum Gasteiger partial charge on any atom is -0.302 e. The molecule has 0 aliphatic heterocycles. The molecule has 0 aliphatic rings. The first kappa shape index (κ1) is 20.6. The maximum Gasteiger partial charge on any atom is 0.270 e. The largest absolute Gasteiger partial charge is 0.302 e. The van der Waals surface area contributed by atoms with Crippen LogP contribution in [-0.2, 0) is 14.6 Å². The van der Waals surface area contributed by atoms with E-state index in [1.807, 2.05) is 0 Å². The number of hydrogen-bond donors (Lipinski definition) is 1. The number of rotatable bonds is 7. The van der Waals surface area contributed by atoms with Gasteiger partial charge in [0.25, 0.3) is 5.69 Å². The summed E-state index contributed by atoms with van der Waals surface area (Å²) in [6.45, 7) is 0. The number of halogens is 1. The molecule has 150 valence electrons. The molecule has 29 heavy (non-hydrogen) atoms. The van der Waals surface area contributed by atoms with Crippen molar-refractivity contribution in [1.29, 1.82) is 0 Å². The molecule has 0 saturated heterocycles. The Kier molecular flexibility index (Phi) is 5.99. The molecule has 0 unspecified atom stereocenters. The van der Waals surface area contributed by atoms with Crippen molar-refractivity contribution in [3.05, 3.63) is 69.8 Å². The second kappa shape index (κ2) is 8.45. The third-order valence-electron chi connectivity index (χ3n) is 3.87. The highest BCUT2D eigenvalue weighted by molar-refractivity contribution is 7.91. The van der Waals surface area contributed by atoms with Gasteiger partial charge in [-0.1, -0.05) is 12.1 Å². The van der Waals surface area contributed by atoms with Crippen molar-refractivity contribution in [2.24, 2.45) is 0 Å². The van der Waals surface area contributed by atoms with E-state index in [1.54, 1.807) is 11.4 Å². The highest BCUT2D eigenvalue weighted by Crippen LogP contribution is 2.27.